The fourth-order valence-corrected chi connectivity index (χ4v) is 8.07. The summed E-state index contributed by atoms with van der Waals surface area (Å²) in [5, 5.41) is 15.9. The Morgan fingerprint density at radius 2 is 1.79 bits per heavy atom. The minimum atomic E-state index is -1.05. The van der Waals surface area contributed by atoms with Gasteiger partial charge >= 0.3 is 0 Å². The van der Waals surface area contributed by atoms with Crippen LogP contribution in [0.1, 0.15) is 81.2 Å². The molecule has 0 aliphatic carbocycles. The zero-order chi connectivity index (χ0) is 45.4. The van der Waals surface area contributed by atoms with E-state index in [1.807, 2.05) is 53.6 Å². The van der Waals surface area contributed by atoms with Crippen molar-refractivity contribution in [2.75, 3.05) is 42.7 Å². The highest BCUT2D eigenvalue weighted by Gasteiger charge is 2.32. The molecule has 3 N–H and O–H groups in total. The van der Waals surface area contributed by atoms with Crippen LogP contribution in [0, 0.1) is 13.8 Å². The van der Waals surface area contributed by atoms with E-state index in [4.69, 9.17) is 24.5 Å². The van der Waals surface area contributed by atoms with E-state index in [2.05, 4.69) is 81.3 Å². The topological polar surface area (TPSA) is 156 Å². The number of aryl methyl sites for hydroxylation is 2. The van der Waals surface area contributed by atoms with Crippen molar-refractivity contribution < 1.29 is 23.5 Å². The number of methoxy groups -OCH3 is 1. The first-order valence-corrected chi connectivity index (χ1v) is 21.0. The Bertz CT molecular complexity index is 2710. The van der Waals surface area contributed by atoms with E-state index in [-0.39, 0.29) is 11.8 Å². The average molecular weight is 854 g/mol. The van der Waals surface area contributed by atoms with E-state index in [1.165, 1.54) is 12.5 Å². The molecule has 1 aliphatic rings. The highest BCUT2D eigenvalue weighted by Crippen LogP contribution is 2.38. The van der Waals surface area contributed by atoms with Crippen LogP contribution in [-0.4, -0.2) is 74.3 Å². The average Bonchev–Trinajstić information content (AvgIpc) is 3.69. The molecule has 0 unspecified atom stereocenters. The maximum atomic E-state index is 13.6. The number of fused-ring (bicyclic) bond motifs is 2. The highest BCUT2D eigenvalue weighted by atomic mass is 19.1. The second-order valence-electron chi connectivity index (χ2n) is 16.6. The normalized spacial score (nSPS) is 12.7. The molecule has 6 aromatic rings. The van der Waals surface area contributed by atoms with E-state index in [0.717, 1.165) is 68.3 Å². The van der Waals surface area contributed by atoms with Crippen LogP contribution in [0.2, 0.25) is 0 Å². The first-order valence-electron chi connectivity index (χ1n) is 21.0. The lowest BCUT2D eigenvalue weighted by atomic mass is 9.77. The summed E-state index contributed by atoms with van der Waals surface area (Å²) in [6.45, 7) is 19.2. The van der Waals surface area contributed by atoms with Crippen LogP contribution in [0.3, 0.4) is 0 Å². The minimum absolute atomic E-state index is 0.121. The van der Waals surface area contributed by atoms with Crippen molar-refractivity contribution in [3.05, 3.63) is 125 Å². The molecule has 0 saturated heterocycles. The van der Waals surface area contributed by atoms with Crippen molar-refractivity contribution in [2.24, 2.45) is 0 Å². The maximum Gasteiger partial charge on any atom is 0.283 e. The summed E-state index contributed by atoms with van der Waals surface area (Å²) < 4.78 is 20.8. The summed E-state index contributed by atoms with van der Waals surface area (Å²) in [6.07, 6.45) is 7.56. The van der Waals surface area contributed by atoms with Gasteiger partial charge in [-0.05, 0) is 79.5 Å². The molecule has 328 valence electrons. The van der Waals surface area contributed by atoms with Crippen LogP contribution in [0.5, 0.6) is 5.75 Å². The number of pyridine rings is 1. The summed E-state index contributed by atoms with van der Waals surface area (Å²) in [5.41, 5.74) is 8.95. The Morgan fingerprint density at radius 3 is 2.49 bits per heavy atom. The van der Waals surface area contributed by atoms with Crippen molar-refractivity contribution in [2.45, 2.75) is 79.2 Å². The number of aldehydes is 1. The lowest BCUT2D eigenvalue weighted by Gasteiger charge is -2.33. The number of carbonyl (C=O) groups is 3. The molecule has 0 atom stereocenters. The molecule has 0 spiro atoms. The van der Waals surface area contributed by atoms with Gasteiger partial charge in [0.1, 0.15) is 12.0 Å². The number of halogens is 1. The molecule has 1 aliphatic heterocycles. The van der Waals surface area contributed by atoms with Crippen LogP contribution in [0.25, 0.3) is 27.7 Å². The molecule has 3 aromatic heterocycles. The summed E-state index contributed by atoms with van der Waals surface area (Å²) in [5.74, 6) is 0.196. The van der Waals surface area contributed by atoms with Gasteiger partial charge in [-0.3, -0.25) is 14.6 Å². The Labute approximate surface area is 367 Å². The van der Waals surface area contributed by atoms with E-state index < -0.39 is 17.1 Å². The van der Waals surface area contributed by atoms with Crippen LogP contribution >= 0.6 is 0 Å². The largest absolute Gasteiger partial charge is 0.496 e. The van der Waals surface area contributed by atoms with Gasteiger partial charge in [0, 0.05) is 72.0 Å². The third kappa shape index (κ3) is 10.6. The number of anilines is 3. The van der Waals surface area contributed by atoms with Gasteiger partial charge in [-0.1, -0.05) is 82.3 Å². The number of nitrogens with one attached hydrogen (secondary N) is 3. The van der Waals surface area contributed by atoms with Gasteiger partial charge < -0.3 is 30.4 Å². The number of benzene rings is 3. The summed E-state index contributed by atoms with van der Waals surface area (Å²) in [6, 6.07) is 19.4. The molecular weight excluding hydrogens is 798 g/mol. The molecule has 7 rings (SSSR count). The van der Waals surface area contributed by atoms with Crippen molar-refractivity contribution >= 4 is 52.1 Å². The molecule has 2 amide bonds. The highest BCUT2D eigenvalue weighted by molar-refractivity contribution is 6.04. The number of hydrogen-bond donors (Lipinski definition) is 3. The molecule has 63 heavy (non-hydrogen) atoms. The summed E-state index contributed by atoms with van der Waals surface area (Å²) in [4.78, 5) is 50.8. The number of carbonyl (C=O) groups excluding carboxylic acids is 3. The maximum absolute atomic E-state index is 13.6. The van der Waals surface area contributed by atoms with Gasteiger partial charge in [-0.15, -0.1) is 0 Å². The Morgan fingerprint density at radius 1 is 1.03 bits per heavy atom. The fraction of sp³-hybridized carbons (Fsp3) is 0.327. The third-order valence-electron chi connectivity index (χ3n) is 11.1. The predicted octanol–water partition coefficient (Wildman–Crippen LogP) is 9.27. The molecule has 14 heteroatoms. The first kappa shape index (κ1) is 45.6. The molecule has 0 radical (unpaired) electrons. The van der Waals surface area contributed by atoms with Gasteiger partial charge in [-0.25, -0.2) is 4.39 Å². The summed E-state index contributed by atoms with van der Waals surface area (Å²) >= 11 is 0. The predicted molar refractivity (Wildman–Crippen MR) is 248 cm³/mol. The number of aromatic nitrogens is 5. The molecule has 3 aromatic carbocycles. The van der Waals surface area contributed by atoms with E-state index in [1.54, 1.807) is 30.0 Å². The van der Waals surface area contributed by atoms with Gasteiger partial charge in [0.2, 0.25) is 17.8 Å². The zero-order valence-corrected chi connectivity index (χ0v) is 37.3. The SMILES string of the molecule is C=C(F)C(=O)Nc1ccc2c(-c3ccccc3CNc3nc(NCC4=CCN(C(=O)CC(C)(C)c5c(C)cc(C)cc5OC)CC4)nc4c(C(C)C)cnn34)nccc2c1.CC=O. The molecule has 0 bridgehead atoms. The number of nitrogens with zero attached hydrogens (tertiary/aromatic N) is 6. The van der Waals surface area contributed by atoms with Gasteiger partial charge in [0.15, 0.2) is 11.5 Å². The van der Waals surface area contributed by atoms with Crippen molar-refractivity contribution in [1.82, 2.24) is 29.5 Å². The monoisotopic (exact) mass is 853 g/mol. The van der Waals surface area contributed by atoms with Crippen LogP contribution < -0.4 is 20.7 Å². The van der Waals surface area contributed by atoms with E-state index in [0.29, 0.717) is 55.8 Å². The Kier molecular flexibility index (Phi) is 14.3. The van der Waals surface area contributed by atoms with Crippen LogP contribution in [0.15, 0.2) is 97.1 Å². The molecular formula is C49H56FN9O4. The standard InChI is InChI=1S/C47H52FN9O3.C2H4O/c1-28(2)38-27-52-57-43(38)54-45(50-25-32-16-19-56(20-17-32)40(58)24-47(6,7)41-30(4)21-29(3)22-39(41)60-8)55-46(57)51-26-34-11-9-10-12-36(34)42-37-14-13-35(53-44(59)31(5)48)23-33(37)15-18-49-42;1-2-3/h9-16,18,21-23,27-28H,5,17,19-20,24-26H2,1-4,6-8H3,(H,53,59)(H2,50,51,54,55);2H,1H3. The third-order valence-corrected chi connectivity index (χ3v) is 11.1. The Hall–Kier alpha value is -6.96. The quantitative estimate of drug-likeness (QED) is 0.0549. The fourth-order valence-electron chi connectivity index (χ4n) is 8.07. The lowest BCUT2D eigenvalue weighted by Crippen LogP contribution is -2.39. The number of amides is 2. The number of hydrogen-bond acceptors (Lipinski definition) is 10. The van der Waals surface area contributed by atoms with Gasteiger partial charge in [0.05, 0.1) is 19.0 Å². The second-order valence-corrected chi connectivity index (χ2v) is 16.6. The van der Waals surface area contributed by atoms with Crippen LogP contribution in [-0.2, 0) is 26.3 Å². The van der Waals surface area contributed by atoms with Crippen LogP contribution in [0.4, 0.5) is 22.0 Å². The zero-order valence-electron chi connectivity index (χ0n) is 37.3. The van der Waals surface area contributed by atoms with Crippen molar-refractivity contribution in [3.8, 4) is 17.0 Å². The molecule has 0 saturated carbocycles. The van der Waals surface area contributed by atoms with Crippen molar-refractivity contribution in [3.63, 3.8) is 0 Å². The smallest absolute Gasteiger partial charge is 0.283 e. The van der Waals surface area contributed by atoms with Crippen molar-refractivity contribution in [1.29, 1.82) is 0 Å². The minimum Gasteiger partial charge on any atom is -0.496 e. The number of ether oxygens (including phenoxy) is 1. The van der Waals surface area contributed by atoms with Gasteiger partial charge in [-0.2, -0.15) is 19.6 Å². The molecule has 13 nitrogen and oxygen atoms in total. The lowest BCUT2D eigenvalue weighted by molar-refractivity contribution is -0.132. The molecule has 0 fully saturated rings. The Balaban J connectivity index is 0.00000214. The molecule has 4 heterocycles. The van der Waals surface area contributed by atoms with E-state index in [9.17, 15) is 14.0 Å². The van der Waals surface area contributed by atoms with Gasteiger partial charge in [0.25, 0.3) is 5.91 Å². The first-order chi connectivity index (χ1) is 30.1. The summed E-state index contributed by atoms with van der Waals surface area (Å²) in [7, 11) is 1.69. The number of rotatable bonds is 14. The van der Waals surface area contributed by atoms with E-state index >= 15 is 0 Å². The second kappa shape index (κ2) is 19.8.